The number of allylic oxidation sites excluding steroid dienone is 2. The van der Waals surface area contributed by atoms with Gasteiger partial charge in [-0.1, -0.05) is 19.1 Å². The Kier molecular flexibility index (Phi) is 2.69. The number of methoxy groups -OCH3 is 1. The predicted molar refractivity (Wildman–Crippen MR) is 60.0 cm³/mol. The fourth-order valence-electron chi connectivity index (χ4n) is 2.56. The van der Waals surface area contributed by atoms with Crippen molar-refractivity contribution >= 4 is 12.1 Å². The zero-order chi connectivity index (χ0) is 12.6. The molecule has 1 aliphatic carbocycles. The maximum absolute atomic E-state index is 12.1. The lowest BCUT2D eigenvalue weighted by atomic mass is 9.71. The van der Waals surface area contributed by atoms with Crippen molar-refractivity contribution in [1.29, 1.82) is 0 Å². The van der Waals surface area contributed by atoms with Crippen molar-refractivity contribution in [3.63, 3.8) is 0 Å². The van der Waals surface area contributed by atoms with Gasteiger partial charge < -0.3 is 14.8 Å². The Bertz CT molecular complexity index is 438. The van der Waals surface area contributed by atoms with Gasteiger partial charge in [-0.2, -0.15) is 0 Å². The molecule has 92 valence electrons. The number of carbonyl (C=O) groups excluding carboxylic acids is 2. The molecule has 0 spiro atoms. The van der Waals surface area contributed by atoms with Crippen LogP contribution in [0.4, 0.5) is 4.79 Å². The largest absolute Gasteiger partial charge is 0.500 e. The average molecular weight is 237 g/mol. The summed E-state index contributed by atoms with van der Waals surface area (Å²) < 4.78 is 10.0. The molecule has 2 rings (SSSR count). The maximum atomic E-state index is 12.1. The van der Waals surface area contributed by atoms with Crippen LogP contribution in [-0.2, 0) is 14.3 Å². The van der Waals surface area contributed by atoms with Crippen molar-refractivity contribution in [2.75, 3.05) is 7.11 Å². The van der Waals surface area contributed by atoms with E-state index in [2.05, 4.69) is 5.32 Å². The van der Waals surface area contributed by atoms with Crippen LogP contribution in [0.1, 0.15) is 20.3 Å². The summed E-state index contributed by atoms with van der Waals surface area (Å²) in [5.41, 5.74) is -0.0553. The van der Waals surface area contributed by atoms with Gasteiger partial charge in [-0.15, -0.1) is 0 Å². The smallest absolute Gasteiger partial charge is 0.415 e. The number of fused-ring (bicyclic) bond motifs is 1. The topological polar surface area (TPSA) is 64.6 Å². The van der Waals surface area contributed by atoms with Crippen LogP contribution in [0.2, 0.25) is 0 Å². The highest BCUT2D eigenvalue weighted by Crippen LogP contribution is 2.43. The third-order valence-electron chi connectivity index (χ3n) is 3.42. The monoisotopic (exact) mass is 237 g/mol. The van der Waals surface area contributed by atoms with E-state index < -0.39 is 23.5 Å². The third-order valence-corrected chi connectivity index (χ3v) is 3.42. The molecule has 2 aliphatic rings. The van der Waals surface area contributed by atoms with Gasteiger partial charge in [0.05, 0.1) is 13.2 Å². The number of hydrogen-bond acceptors (Lipinski definition) is 4. The first-order chi connectivity index (χ1) is 8.06. The zero-order valence-electron chi connectivity index (χ0n) is 10.1. The Morgan fingerprint density at radius 2 is 2.24 bits per heavy atom. The molecule has 1 amide bonds. The van der Waals surface area contributed by atoms with Gasteiger partial charge in [0.1, 0.15) is 11.2 Å². The summed E-state index contributed by atoms with van der Waals surface area (Å²) in [6.45, 7) is 3.74. The molecule has 2 atom stereocenters. The SMILES string of the molecule is CCC12C(=O)OC(=O)NC1C=CC(C)=C2OC. The van der Waals surface area contributed by atoms with E-state index in [9.17, 15) is 9.59 Å². The Labute approximate surface area is 99.5 Å². The Morgan fingerprint density at radius 1 is 1.53 bits per heavy atom. The van der Waals surface area contributed by atoms with Crippen LogP contribution in [0.5, 0.6) is 0 Å². The Hall–Kier alpha value is -1.78. The molecule has 5 heteroatoms. The van der Waals surface area contributed by atoms with Gasteiger partial charge in [0.15, 0.2) is 0 Å². The second-order valence-corrected chi connectivity index (χ2v) is 4.20. The summed E-state index contributed by atoms with van der Waals surface area (Å²) >= 11 is 0. The van der Waals surface area contributed by atoms with Crippen molar-refractivity contribution in [3.8, 4) is 0 Å². The summed E-state index contributed by atoms with van der Waals surface area (Å²) in [5, 5.41) is 2.64. The Balaban J connectivity index is 2.56. The number of carbonyl (C=O) groups is 2. The van der Waals surface area contributed by atoms with E-state index >= 15 is 0 Å². The number of amides is 1. The zero-order valence-corrected chi connectivity index (χ0v) is 10.1. The third kappa shape index (κ3) is 1.45. The van der Waals surface area contributed by atoms with E-state index in [-0.39, 0.29) is 0 Å². The minimum atomic E-state index is -0.929. The van der Waals surface area contributed by atoms with Gasteiger partial charge in [-0.25, -0.2) is 4.79 Å². The number of rotatable bonds is 2. The van der Waals surface area contributed by atoms with E-state index in [0.29, 0.717) is 12.2 Å². The first-order valence-electron chi connectivity index (χ1n) is 5.52. The van der Waals surface area contributed by atoms with Crippen LogP contribution < -0.4 is 5.32 Å². The minimum absolute atomic E-state index is 0.403. The molecule has 17 heavy (non-hydrogen) atoms. The summed E-state index contributed by atoms with van der Waals surface area (Å²) in [4.78, 5) is 23.3. The predicted octanol–water partition coefficient (Wildman–Crippen LogP) is 1.51. The molecule has 0 radical (unpaired) electrons. The first kappa shape index (κ1) is 11.7. The fraction of sp³-hybridized carbons (Fsp3) is 0.500. The number of hydrogen-bond donors (Lipinski definition) is 1. The summed E-state index contributed by atoms with van der Waals surface area (Å²) in [6.07, 6.45) is 3.45. The lowest BCUT2D eigenvalue weighted by Gasteiger charge is -2.42. The molecule has 1 aliphatic heterocycles. The molecule has 1 fully saturated rings. The molecule has 0 aromatic carbocycles. The second-order valence-electron chi connectivity index (χ2n) is 4.20. The van der Waals surface area contributed by atoms with Gasteiger partial charge >= 0.3 is 12.1 Å². The van der Waals surface area contributed by atoms with Crippen LogP contribution in [0.25, 0.3) is 0 Å². The van der Waals surface area contributed by atoms with E-state index in [4.69, 9.17) is 9.47 Å². The standard InChI is InChI=1S/C12H15NO4/c1-4-12-8(13-11(15)17-10(12)14)6-5-7(2)9(12)16-3/h5-6,8H,4H2,1-3H3,(H,13,15). The molecule has 1 N–H and O–H groups in total. The molecule has 2 unspecified atom stereocenters. The molecule has 0 bridgehead atoms. The average Bonchev–Trinajstić information content (AvgIpc) is 2.29. The normalized spacial score (nSPS) is 31.8. The fourth-order valence-corrected chi connectivity index (χ4v) is 2.56. The van der Waals surface area contributed by atoms with Gasteiger partial charge in [-0.3, -0.25) is 4.79 Å². The number of esters is 1. The summed E-state index contributed by atoms with van der Waals surface area (Å²) in [5.74, 6) is 0.0202. The van der Waals surface area contributed by atoms with Crippen molar-refractivity contribution < 1.29 is 19.1 Å². The van der Waals surface area contributed by atoms with Crippen molar-refractivity contribution in [3.05, 3.63) is 23.5 Å². The highest BCUT2D eigenvalue weighted by molar-refractivity contribution is 5.94. The molecule has 0 aromatic heterocycles. The van der Waals surface area contributed by atoms with Crippen LogP contribution in [0, 0.1) is 5.41 Å². The molecule has 5 nitrogen and oxygen atoms in total. The maximum Gasteiger partial charge on any atom is 0.415 e. The molecule has 0 aromatic rings. The van der Waals surface area contributed by atoms with Crippen LogP contribution in [0.15, 0.2) is 23.5 Å². The molecule has 1 saturated heterocycles. The van der Waals surface area contributed by atoms with Crippen molar-refractivity contribution in [2.24, 2.45) is 5.41 Å². The van der Waals surface area contributed by atoms with Crippen molar-refractivity contribution in [1.82, 2.24) is 5.32 Å². The van der Waals surface area contributed by atoms with E-state index in [1.165, 1.54) is 7.11 Å². The number of alkyl carbamates (subject to hydrolysis) is 1. The highest BCUT2D eigenvalue weighted by atomic mass is 16.6. The van der Waals surface area contributed by atoms with Crippen molar-refractivity contribution in [2.45, 2.75) is 26.3 Å². The van der Waals surface area contributed by atoms with Gasteiger partial charge in [0.25, 0.3) is 0 Å². The number of ether oxygens (including phenoxy) is 2. The van der Waals surface area contributed by atoms with Crippen LogP contribution in [-0.4, -0.2) is 25.2 Å². The minimum Gasteiger partial charge on any atom is -0.500 e. The van der Waals surface area contributed by atoms with Gasteiger partial charge in [0, 0.05) is 0 Å². The molecular weight excluding hydrogens is 222 g/mol. The second kappa shape index (κ2) is 3.91. The van der Waals surface area contributed by atoms with Crippen LogP contribution >= 0.6 is 0 Å². The van der Waals surface area contributed by atoms with E-state index in [1.807, 2.05) is 19.9 Å². The van der Waals surface area contributed by atoms with Gasteiger partial charge in [-0.05, 0) is 18.9 Å². The highest BCUT2D eigenvalue weighted by Gasteiger charge is 2.55. The molecule has 0 saturated carbocycles. The van der Waals surface area contributed by atoms with Gasteiger partial charge in [0.2, 0.25) is 0 Å². The van der Waals surface area contributed by atoms with E-state index in [0.717, 1.165) is 5.57 Å². The number of nitrogens with one attached hydrogen (secondary N) is 1. The summed E-state index contributed by atoms with van der Waals surface area (Å²) in [7, 11) is 1.52. The number of cyclic esters (lactones) is 2. The molecule has 1 heterocycles. The quantitative estimate of drug-likeness (QED) is 0.584. The van der Waals surface area contributed by atoms with Crippen LogP contribution in [0.3, 0.4) is 0 Å². The first-order valence-corrected chi connectivity index (χ1v) is 5.52. The lowest BCUT2D eigenvalue weighted by Crippen LogP contribution is -2.59. The Morgan fingerprint density at radius 3 is 2.82 bits per heavy atom. The summed E-state index contributed by atoms with van der Waals surface area (Å²) in [6, 6.07) is -0.403. The van der Waals surface area contributed by atoms with E-state index in [1.54, 1.807) is 6.08 Å². The molecular formula is C12H15NO4. The lowest BCUT2D eigenvalue weighted by molar-refractivity contribution is -0.153.